The van der Waals surface area contributed by atoms with E-state index in [1.165, 1.54) is 0 Å². The summed E-state index contributed by atoms with van der Waals surface area (Å²) in [5, 5.41) is 13.0. The van der Waals surface area contributed by atoms with Gasteiger partial charge in [-0.25, -0.2) is 0 Å². The van der Waals surface area contributed by atoms with Crippen LogP contribution in [0, 0.1) is 11.3 Å². The summed E-state index contributed by atoms with van der Waals surface area (Å²) in [5.74, 6) is 0. The lowest BCUT2D eigenvalue weighted by atomic mass is 9.87. The van der Waals surface area contributed by atoms with Gasteiger partial charge in [-0.05, 0) is 32.9 Å². The summed E-state index contributed by atoms with van der Waals surface area (Å²) < 4.78 is 5.56. The molecule has 0 saturated carbocycles. The number of hydrogen-bond donors (Lipinski definition) is 1. The van der Waals surface area contributed by atoms with Crippen LogP contribution in [0.4, 0.5) is 0 Å². The van der Waals surface area contributed by atoms with Gasteiger partial charge in [-0.1, -0.05) is 30.3 Å². The number of ether oxygens (including phenoxy) is 1. The van der Waals surface area contributed by atoms with Crippen molar-refractivity contribution in [3.8, 4) is 6.07 Å². The van der Waals surface area contributed by atoms with Gasteiger partial charge in [0.15, 0.2) is 0 Å². The van der Waals surface area contributed by atoms with Crippen molar-refractivity contribution in [2.24, 2.45) is 0 Å². The van der Waals surface area contributed by atoms with Crippen molar-refractivity contribution in [3.63, 3.8) is 0 Å². The van der Waals surface area contributed by atoms with E-state index in [1.54, 1.807) is 0 Å². The van der Waals surface area contributed by atoms with E-state index in [0.717, 1.165) is 38.3 Å². The van der Waals surface area contributed by atoms with Crippen LogP contribution < -0.4 is 5.32 Å². The molecule has 114 valence electrons. The first kappa shape index (κ1) is 16.0. The molecule has 0 spiro atoms. The molecule has 0 aliphatic carbocycles. The summed E-state index contributed by atoms with van der Waals surface area (Å²) in [7, 11) is 1.86. The van der Waals surface area contributed by atoms with Gasteiger partial charge in [0.2, 0.25) is 0 Å². The average Bonchev–Trinajstić information content (AvgIpc) is 2.51. The molecule has 4 nitrogen and oxygen atoms in total. The van der Waals surface area contributed by atoms with Crippen molar-refractivity contribution in [1.82, 2.24) is 10.2 Å². The summed E-state index contributed by atoms with van der Waals surface area (Å²) in [4.78, 5) is 2.42. The zero-order valence-electron chi connectivity index (χ0n) is 13.2. The highest BCUT2D eigenvalue weighted by Gasteiger charge is 2.35. The van der Waals surface area contributed by atoms with Crippen molar-refractivity contribution >= 4 is 0 Å². The van der Waals surface area contributed by atoms with E-state index in [9.17, 15) is 5.26 Å². The van der Waals surface area contributed by atoms with Gasteiger partial charge in [0.25, 0.3) is 0 Å². The van der Waals surface area contributed by atoms with Gasteiger partial charge in [0.1, 0.15) is 5.54 Å². The molecule has 1 fully saturated rings. The van der Waals surface area contributed by atoms with Gasteiger partial charge < -0.3 is 4.74 Å². The van der Waals surface area contributed by atoms with Crippen molar-refractivity contribution < 1.29 is 4.74 Å². The Kier molecular flexibility index (Phi) is 5.00. The summed E-state index contributed by atoms with van der Waals surface area (Å²) >= 11 is 0. The van der Waals surface area contributed by atoms with Crippen LogP contribution in [0.2, 0.25) is 0 Å². The molecule has 1 aromatic carbocycles. The second-order valence-corrected chi connectivity index (χ2v) is 6.24. The largest absolute Gasteiger partial charge is 0.378 e. The first-order valence-electron chi connectivity index (χ1n) is 7.52. The van der Waals surface area contributed by atoms with E-state index in [-0.39, 0.29) is 5.54 Å². The standard InChI is InChI=1S/C17H25N3O/c1-16(2)14-21-12-11-20(16)10-9-17(13-18,19-3)15-7-5-4-6-8-15/h4-8,19H,9-12,14H2,1-3H3. The molecule has 4 heteroatoms. The highest BCUT2D eigenvalue weighted by atomic mass is 16.5. The average molecular weight is 287 g/mol. The molecular formula is C17H25N3O. The van der Waals surface area contributed by atoms with Crippen molar-refractivity contribution in [2.75, 3.05) is 33.4 Å². The molecule has 1 unspecified atom stereocenters. The minimum absolute atomic E-state index is 0.0316. The Balaban J connectivity index is 2.13. The van der Waals surface area contributed by atoms with Crippen LogP contribution in [0.15, 0.2) is 30.3 Å². The molecule has 2 rings (SSSR count). The minimum atomic E-state index is -0.629. The SMILES string of the molecule is CNC(C#N)(CCN1CCOCC1(C)C)c1ccccc1. The van der Waals surface area contributed by atoms with E-state index < -0.39 is 5.54 Å². The lowest BCUT2D eigenvalue weighted by Crippen LogP contribution is -2.54. The molecule has 0 aromatic heterocycles. The predicted octanol–water partition coefficient (Wildman–Crippen LogP) is 2.13. The minimum Gasteiger partial charge on any atom is -0.378 e. The lowest BCUT2D eigenvalue weighted by Gasteiger charge is -2.43. The highest BCUT2D eigenvalue weighted by Crippen LogP contribution is 2.27. The summed E-state index contributed by atoms with van der Waals surface area (Å²) in [6, 6.07) is 12.5. The highest BCUT2D eigenvalue weighted by molar-refractivity contribution is 5.31. The molecule has 1 aromatic rings. The molecule has 1 saturated heterocycles. The number of morpholine rings is 1. The van der Waals surface area contributed by atoms with Gasteiger partial charge in [-0.3, -0.25) is 10.2 Å². The maximum atomic E-state index is 9.73. The fraction of sp³-hybridized carbons (Fsp3) is 0.588. The fourth-order valence-corrected chi connectivity index (χ4v) is 2.92. The maximum Gasteiger partial charge on any atom is 0.133 e. The summed E-state index contributed by atoms with van der Waals surface area (Å²) in [6.07, 6.45) is 0.757. The Morgan fingerprint density at radius 3 is 2.67 bits per heavy atom. The second-order valence-electron chi connectivity index (χ2n) is 6.24. The van der Waals surface area contributed by atoms with Crippen molar-refractivity contribution in [2.45, 2.75) is 31.3 Å². The van der Waals surface area contributed by atoms with Gasteiger partial charge in [0, 0.05) is 18.6 Å². The molecule has 0 amide bonds. The number of benzene rings is 1. The van der Waals surface area contributed by atoms with Gasteiger partial charge in [-0.15, -0.1) is 0 Å². The number of nitrogens with one attached hydrogen (secondary N) is 1. The van der Waals surface area contributed by atoms with E-state index in [1.807, 2.05) is 37.4 Å². The van der Waals surface area contributed by atoms with Crippen LogP contribution in [0.5, 0.6) is 0 Å². The molecule has 0 radical (unpaired) electrons. The first-order chi connectivity index (χ1) is 10.0. The third-order valence-electron chi connectivity index (χ3n) is 4.46. The van der Waals surface area contributed by atoms with Gasteiger partial charge in [0.05, 0.1) is 19.3 Å². The Bertz CT molecular complexity index is 495. The molecule has 1 N–H and O–H groups in total. The van der Waals surface area contributed by atoms with Crippen LogP contribution in [-0.4, -0.2) is 43.8 Å². The van der Waals surface area contributed by atoms with Crippen molar-refractivity contribution in [3.05, 3.63) is 35.9 Å². The third kappa shape index (κ3) is 3.44. The molecule has 0 bridgehead atoms. The molecule has 21 heavy (non-hydrogen) atoms. The van der Waals surface area contributed by atoms with Crippen LogP contribution in [-0.2, 0) is 10.3 Å². The maximum absolute atomic E-state index is 9.73. The van der Waals surface area contributed by atoms with Gasteiger partial charge >= 0.3 is 0 Å². The number of rotatable bonds is 5. The van der Waals surface area contributed by atoms with E-state index in [4.69, 9.17) is 4.74 Å². The van der Waals surface area contributed by atoms with Crippen molar-refractivity contribution in [1.29, 1.82) is 5.26 Å². The van der Waals surface area contributed by atoms with Crippen LogP contribution >= 0.6 is 0 Å². The van der Waals surface area contributed by atoms with E-state index in [0.29, 0.717) is 0 Å². The van der Waals surface area contributed by atoms with E-state index in [2.05, 4.69) is 30.1 Å². The summed E-state index contributed by atoms with van der Waals surface area (Å²) in [6.45, 7) is 7.71. The Morgan fingerprint density at radius 2 is 2.10 bits per heavy atom. The quantitative estimate of drug-likeness (QED) is 0.901. The number of nitrogens with zero attached hydrogens (tertiary/aromatic N) is 2. The summed E-state index contributed by atoms with van der Waals surface area (Å²) in [5.41, 5.74) is 0.431. The second kappa shape index (κ2) is 6.57. The molecule has 1 aliphatic rings. The molecule has 1 heterocycles. The normalized spacial score (nSPS) is 21.4. The molecular weight excluding hydrogens is 262 g/mol. The van der Waals surface area contributed by atoms with Crippen LogP contribution in [0.3, 0.4) is 0 Å². The van der Waals surface area contributed by atoms with Crippen LogP contribution in [0.1, 0.15) is 25.8 Å². The third-order valence-corrected chi connectivity index (χ3v) is 4.46. The van der Waals surface area contributed by atoms with E-state index >= 15 is 0 Å². The van der Waals surface area contributed by atoms with Crippen LogP contribution in [0.25, 0.3) is 0 Å². The zero-order valence-corrected chi connectivity index (χ0v) is 13.2. The topological polar surface area (TPSA) is 48.3 Å². The fourth-order valence-electron chi connectivity index (χ4n) is 2.92. The number of nitriles is 1. The Morgan fingerprint density at radius 1 is 1.38 bits per heavy atom. The predicted molar refractivity (Wildman–Crippen MR) is 83.9 cm³/mol. The first-order valence-corrected chi connectivity index (χ1v) is 7.52. The Labute approximate surface area is 127 Å². The smallest absolute Gasteiger partial charge is 0.133 e. The van der Waals surface area contributed by atoms with Gasteiger partial charge in [-0.2, -0.15) is 5.26 Å². The number of hydrogen-bond acceptors (Lipinski definition) is 4. The lowest BCUT2D eigenvalue weighted by molar-refractivity contribution is -0.0530. The molecule has 1 atom stereocenters. The monoisotopic (exact) mass is 287 g/mol. The zero-order chi connectivity index (χ0) is 15.3. The molecule has 1 aliphatic heterocycles. The Hall–Kier alpha value is -1.41.